The third kappa shape index (κ3) is 7.27. The molecule has 2 aliphatic heterocycles. The van der Waals surface area contributed by atoms with E-state index in [1.165, 1.54) is 15.9 Å². The van der Waals surface area contributed by atoms with Crippen LogP contribution in [-0.2, 0) is 19.7 Å². The highest BCUT2D eigenvalue weighted by atomic mass is 32.2. The zero-order chi connectivity index (χ0) is 27.0. The summed E-state index contributed by atoms with van der Waals surface area (Å²) in [6, 6.07) is 7.33. The number of anilines is 1. The fourth-order valence-electron chi connectivity index (χ4n) is 3.97. The van der Waals surface area contributed by atoms with E-state index in [1.807, 2.05) is 36.9 Å². The van der Waals surface area contributed by atoms with Gasteiger partial charge in [-0.15, -0.1) is 0 Å². The number of ether oxygens (including phenoxy) is 1. The van der Waals surface area contributed by atoms with Gasteiger partial charge >= 0.3 is 0 Å². The Morgan fingerprint density at radius 2 is 1.46 bits per heavy atom. The van der Waals surface area contributed by atoms with Gasteiger partial charge in [-0.1, -0.05) is 51.0 Å². The van der Waals surface area contributed by atoms with E-state index in [0.29, 0.717) is 31.3 Å². The highest BCUT2D eigenvalue weighted by molar-refractivity contribution is 7.85. The number of rotatable bonds is 12. The number of unbranched alkanes of at least 4 members (excludes halogenated alkanes) is 2. The average molecular weight is 548 g/mol. The van der Waals surface area contributed by atoms with Crippen LogP contribution in [0.3, 0.4) is 0 Å². The van der Waals surface area contributed by atoms with Crippen molar-refractivity contribution in [1.29, 1.82) is 0 Å². The molecule has 0 aromatic heterocycles. The van der Waals surface area contributed by atoms with E-state index in [1.54, 1.807) is 24.3 Å². The zero-order valence-corrected chi connectivity index (χ0v) is 22.8. The molecule has 9 nitrogen and oxygen atoms in total. The number of allylic oxidation sites excluding steroid dienone is 4. The van der Waals surface area contributed by atoms with Gasteiger partial charge in [-0.25, -0.2) is 0 Å². The standard InChI is InChI=1S/C26H33N3O6S2/c1-3-5-16-28-24(30)20(25(31)29(26(28)36)17-6-4-2)12-7-10-15-23-27(18-11-19-37(32,33)34)21-13-8-9-14-22(21)35-23/h7-10,12-15H,3-6,11,16-19H2,1-2H3,(H,32,33,34)/b10-7+,23-15+. The first kappa shape index (κ1) is 28.5. The summed E-state index contributed by atoms with van der Waals surface area (Å²) < 4.78 is 37.2. The molecule has 0 spiro atoms. The molecule has 2 amide bonds. The van der Waals surface area contributed by atoms with E-state index in [2.05, 4.69) is 0 Å². The fourth-order valence-corrected chi connectivity index (χ4v) is 4.82. The Morgan fingerprint density at radius 1 is 0.892 bits per heavy atom. The van der Waals surface area contributed by atoms with Crippen molar-refractivity contribution in [1.82, 2.24) is 9.80 Å². The van der Waals surface area contributed by atoms with Gasteiger partial charge in [0.15, 0.2) is 10.9 Å². The van der Waals surface area contributed by atoms with Gasteiger partial charge in [0.2, 0.25) is 5.88 Å². The summed E-state index contributed by atoms with van der Waals surface area (Å²) in [6.45, 7) is 5.28. The van der Waals surface area contributed by atoms with Crippen molar-refractivity contribution in [3.63, 3.8) is 0 Å². The molecular weight excluding hydrogens is 514 g/mol. The smallest absolute Gasteiger partial charge is 0.265 e. The molecule has 0 unspecified atom stereocenters. The Balaban J connectivity index is 1.81. The number of nitrogens with zero attached hydrogens (tertiary/aromatic N) is 3. The van der Waals surface area contributed by atoms with Gasteiger partial charge in [-0.3, -0.25) is 23.9 Å². The Labute approximate surface area is 223 Å². The molecule has 0 bridgehead atoms. The molecule has 0 radical (unpaired) electrons. The minimum atomic E-state index is -4.07. The van der Waals surface area contributed by atoms with Crippen LogP contribution in [0.25, 0.3) is 0 Å². The van der Waals surface area contributed by atoms with Crippen LogP contribution in [0.4, 0.5) is 5.69 Å². The van der Waals surface area contributed by atoms with Crippen LogP contribution in [0.2, 0.25) is 0 Å². The molecule has 2 heterocycles. The van der Waals surface area contributed by atoms with Crippen LogP contribution in [0.1, 0.15) is 46.0 Å². The molecule has 1 aromatic carbocycles. The maximum Gasteiger partial charge on any atom is 0.265 e. The number of hydrogen-bond acceptors (Lipinski definition) is 7. The average Bonchev–Trinajstić information content (AvgIpc) is 3.20. The van der Waals surface area contributed by atoms with Crippen LogP contribution < -0.4 is 9.64 Å². The number of fused-ring (bicyclic) bond motifs is 1. The van der Waals surface area contributed by atoms with Gasteiger partial charge in [0.05, 0.1) is 11.4 Å². The topological polar surface area (TPSA) is 107 Å². The summed E-state index contributed by atoms with van der Waals surface area (Å²) in [5, 5.41) is 0.262. The van der Waals surface area contributed by atoms with Crippen molar-refractivity contribution >= 4 is 45.0 Å². The van der Waals surface area contributed by atoms with E-state index < -0.39 is 21.9 Å². The van der Waals surface area contributed by atoms with E-state index in [4.69, 9.17) is 21.5 Å². The second-order valence-corrected chi connectivity index (χ2v) is 10.7. The number of amides is 2. The first-order valence-corrected chi connectivity index (χ1v) is 14.5. The number of thiocarbonyl (C=S) groups is 1. The van der Waals surface area contributed by atoms with Crippen LogP contribution in [0.15, 0.2) is 60.0 Å². The molecule has 1 N–H and O–H groups in total. The van der Waals surface area contributed by atoms with E-state index in [-0.39, 0.29) is 22.9 Å². The number of carbonyl (C=O) groups excluding carboxylic acids is 2. The second kappa shape index (κ2) is 13.0. The van der Waals surface area contributed by atoms with Gasteiger partial charge in [-0.05, 0) is 55.8 Å². The van der Waals surface area contributed by atoms with Gasteiger partial charge in [-0.2, -0.15) is 8.42 Å². The van der Waals surface area contributed by atoms with Gasteiger partial charge in [0.25, 0.3) is 21.9 Å². The summed E-state index contributed by atoms with van der Waals surface area (Å²) in [7, 11) is -4.07. The SMILES string of the molecule is CCCCN1C(=O)C(=C/C=C/C=C2/Oc3ccccc3N2CCCS(=O)(=O)O)C(=O)N(CCCC)C1=S. The van der Waals surface area contributed by atoms with Crippen molar-refractivity contribution < 1.29 is 27.3 Å². The van der Waals surface area contributed by atoms with Crippen molar-refractivity contribution in [2.75, 3.05) is 30.3 Å². The van der Waals surface area contributed by atoms with Crippen LogP contribution >= 0.6 is 12.2 Å². The third-order valence-corrected chi connectivity index (χ3v) is 7.16. The number of benzene rings is 1. The molecule has 200 valence electrons. The second-order valence-electron chi connectivity index (χ2n) is 8.73. The number of carbonyl (C=O) groups is 2. The molecule has 0 atom stereocenters. The molecule has 0 saturated carbocycles. The number of para-hydroxylation sites is 2. The highest BCUT2D eigenvalue weighted by Gasteiger charge is 2.38. The van der Waals surface area contributed by atoms with Crippen molar-refractivity contribution in [2.45, 2.75) is 46.0 Å². The summed E-state index contributed by atoms with van der Waals surface area (Å²) >= 11 is 5.48. The lowest BCUT2D eigenvalue weighted by Crippen LogP contribution is -2.56. The lowest BCUT2D eigenvalue weighted by molar-refractivity contribution is -0.133. The highest BCUT2D eigenvalue weighted by Crippen LogP contribution is 2.38. The summed E-state index contributed by atoms with van der Waals surface area (Å²) in [6.07, 6.45) is 9.98. The van der Waals surface area contributed by atoms with Crippen LogP contribution in [-0.4, -0.2) is 65.1 Å². The molecule has 2 aliphatic rings. The van der Waals surface area contributed by atoms with E-state index in [0.717, 1.165) is 31.4 Å². The Bertz CT molecular complexity index is 1190. The largest absolute Gasteiger partial charge is 0.439 e. The van der Waals surface area contributed by atoms with Crippen molar-refractivity contribution in [3.8, 4) is 5.75 Å². The minimum absolute atomic E-state index is 0.0519. The molecule has 11 heteroatoms. The molecular formula is C26H33N3O6S2. The monoisotopic (exact) mass is 547 g/mol. The third-order valence-electron chi connectivity index (χ3n) is 5.92. The maximum absolute atomic E-state index is 13.1. The molecule has 1 saturated heterocycles. The predicted molar refractivity (Wildman–Crippen MR) is 147 cm³/mol. The van der Waals surface area contributed by atoms with E-state index >= 15 is 0 Å². The zero-order valence-electron chi connectivity index (χ0n) is 21.1. The Morgan fingerprint density at radius 3 is 2.05 bits per heavy atom. The maximum atomic E-state index is 13.1. The summed E-state index contributed by atoms with van der Waals surface area (Å²) in [4.78, 5) is 31.0. The minimum Gasteiger partial charge on any atom is -0.439 e. The fraction of sp³-hybridized carbons (Fsp3) is 0.423. The quantitative estimate of drug-likeness (QED) is 0.181. The Kier molecular flexibility index (Phi) is 10.0. The van der Waals surface area contributed by atoms with Gasteiger partial charge < -0.3 is 9.64 Å². The molecule has 1 aromatic rings. The normalized spacial score (nSPS) is 17.3. The van der Waals surface area contributed by atoms with E-state index in [9.17, 15) is 18.0 Å². The molecule has 0 aliphatic carbocycles. The number of hydrogen-bond donors (Lipinski definition) is 1. The predicted octanol–water partition coefficient (Wildman–Crippen LogP) is 4.04. The summed E-state index contributed by atoms with van der Waals surface area (Å²) in [5.41, 5.74) is 0.830. The van der Waals surface area contributed by atoms with Crippen LogP contribution in [0, 0.1) is 0 Å². The molecule has 3 rings (SSSR count). The lowest BCUT2D eigenvalue weighted by atomic mass is 10.1. The van der Waals surface area contributed by atoms with Crippen LogP contribution in [0.5, 0.6) is 5.75 Å². The van der Waals surface area contributed by atoms with Gasteiger partial charge in [0, 0.05) is 19.6 Å². The lowest BCUT2D eigenvalue weighted by Gasteiger charge is -2.36. The summed E-state index contributed by atoms with van der Waals surface area (Å²) in [5.74, 6) is -0.0788. The van der Waals surface area contributed by atoms with Gasteiger partial charge in [0.1, 0.15) is 5.57 Å². The van der Waals surface area contributed by atoms with Crippen molar-refractivity contribution in [2.24, 2.45) is 0 Å². The Hall–Kier alpha value is -3.02. The molecule has 37 heavy (non-hydrogen) atoms. The first-order valence-electron chi connectivity index (χ1n) is 12.4. The van der Waals surface area contributed by atoms with Crippen molar-refractivity contribution in [3.05, 3.63) is 60.0 Å². The molecule has 1 fully saturated rings. The first-order chi connectivity index (χ1) is 17.7.